The lowest BCUT2D eigenvalue weighted by Gasteiger charge is -2.49. The number of hydrogen-bond acceptors (Lipinski definition) is 4. The van der Waals surface area contributed by atoms with Gasteiger partial charge in [-0.05, 0) is 19.0 Å². The van der Waals surface area contributed by atoms with Crippen molar-refractivity contribution in [1.29, 1.82) is 0 Å². The molecule has 24 heavy (non-hydrogen) atoms. The molecule has 2 saturated heterocycles. The predicted octanol–water partition coefficient (Wildman–Crippen LogP) is 1.22. The van der Waals surface area contributed by atoms with E-state index in [4.69, 9.17) is 5.73 Å². The molecule has 0 unspecified atom stereocenters. The second-order valence-corrected chi connectivity index (χ2v) is 7.03. The van der Waals surface area contributed by atoms with Crippen molar-refractivity contribution in [2.45, 2.75) is 6.42 Å². The van der Waals surface area contributed by atoms with Crippen molar-refractivity contribution in [2.24, 2.45) is 11.1 Å². The van der Waals surface area contributed by atoms with Crippen molar-refractivity contribution in [3.05, 3.63) is 42.2 Å². The number of rotatable bonds is 2. The minimum Gasteiger partial charge on any atom is -0.365 e. The number of hydrogen-bond donors (Lipinski definition) is 2. The number of fused-ring (bicyclic) bond motifs is 3. The summed E-state index contributed by atoms with van der Waals surface area (Å²) < 4.78 is 2.18. The molecular formula is C18H19N5O. The van der Waals surface area contributed by atoms with Crippen LogP contribution in [-0.4, -0.2) is 41.7 Å². The Labute approximate surface area is 139 Å². The van der Waals surface area contributed by atoms with Gasteiger partial charge >= 0.3 is 0 Å². The minimum atomic E-state index is -0.435. The highest BCUT2D eigenvalue weighted by molar-refractivity contribution is 6.15. The van der Waals surface area contributed by atoms with E-state index in [2.05, 4.69) is 32.1 Å². The summed E-state index contributed by atoms with van der Waals surface area (Å²) in [7, 11) is 0. The zero-order valence-corrected chi connectivity index (χ0v) is 13.3. The number of para-hydroxylation sites is 1. The van der Waals surface area contributed by atoms with Gasteiger partial charge in [0.25, 0.3) is 5.91 Å². The molecule has 2 aromatic heterocycles. The first-order valence-corrected chi connectivity index (χ1v) is 8.31. The maximum absolute atomic E-state index is 12.0. The minimum absolute atomic E-state index is 0.373. The fourth-order valence-corrected chi connectivity index (χ4v) is 4.29. The first-order valence-electron chi connectivity index (χ1n) is 8.31. The third-order valence-electron chi connectivity index (χ3n) is 5.47. The molecule has 2 fully saturated rings. The van der Waals surface area contributed by atoms with E-state index in [0.29, 0.717) is 11.0 Å². The zero-order valence-electron chi connectivity index (χ0n) is 13.3. The summed E-state index contributed by atoms with van der Waals surface area (Å²) in [5.74, 6) is -0.435. The van der Waals surface area contributed by atoms with Crippen molar-refractivity contribution >= 4 is 27.7 Å². The van der Waals surface area contributed by atoms with Gasteiger partial charge in [0.05, 0.1) is 16.6 Å². The fourth-order valence-electron chi connectivity index (χ4n) is 4.29. The van der Waals surface area contributed by atoms with Crippen LogP contribution in [0.4, 0.5) is 0 Å². The average molecular weight is 321 g/mol. The second-order valence-electron chi connectivity index (χ2n) is 7.03. The third-order valence-corrected chi connectivity index (χ3v) is 5.47. The highest BCUT2D eigenvalue weighted by Gasteiger charge is 2.46. The molecule has 3 N–H and O–H groups in total. The molecule has 0 aliphatic carbocycles. The number of nitrogens with one attached hydrogen (secondary N) is 1. The van der Waals surface area contributed by atoms with Gasteiger partial charge in [0.15, 0.2) is 0 Å². The van der Waals surface area contributed by atoms with Crippen molar-refractivity contribution in [3.8, 4) is 0 Å². The fraction of sp³-hybridized carbons (Fsp3) is 0.333. The lowest BCUT2D eigenvalue weighted by molar-refractivity contribution is 0.100. The standard InChI is InChI=1S/C18H19N5O/c19-17(24)14-8-21-7-13-12-3-1-2-4-15(12)23(16(13)14)22-10-18(11-22)5-6-20-9-18/h1-4,7-8,20H,5-6,9-11H2,(H2,19,24). The van der Waals surface area contributed by atoms with E-state index in [1.165, 1.54) is 6.42 Å². The summed E-state index contributed by atoms with van der Waals surface area (Å²) >= 11 is 0. The molecule has 0 atom stereocenters. The summed E-state index contributed by atoms with van der Waals surface area (Å²) in [5, 5.41) is 7.87. The number of carbonyl (C=O) groups excluding carboxylic acids is 1. The quantitative estimate of drug-likeness (QED) is 0.744. The van der Waals surface area contributed by atoms with Crippen LogP contribution in [-0.2, 0) is 0 Å². The van der Waals surface area contributed by atoms with E-state index in [9.17, 15) is 4.79 Å². The van der Waals surface area contributed by atoms with Crippen molar-refractivity contribution in [2.75, 3.05) is 31.2 Å². The number of carbonyl (C=O) groups is 1. The van der Waals surface area contributed by atoms with Gasteiger partial charge in [-0.2, -0.15) is 0 Å². The monoisotopic (exact) mass is 321 g/mol. The first kappa shape index (κ1) is 13.8. The molecule has 1 aromatic carbocycles. The largest absolute Gasteiger partial charge is 0.365 e. The lowest BCUT2D eigenvalue weighted by Crippen LogP contribution is -2.62. The average Bonchev–Trinajstić information content (AvgIpc) is 3.16. The van der Waals surface area contributed by atoms with E-state index in [-0.39, 0.29) is 0 Å². The first-order chi connectivity index (χ1) is 11.7. The molecular weight excluding hydrogens is 302 g/mol. The molecule has 4 heterocycles. The predicted molar refractivity (Wildman–Crippen MR) is 93.6 cm³/mol. The van der Waals surface area contributed by atoms with Crippen LogP contribution in [0.15, 0.2) is 36.7 Å². The smallest absolute Gasteiger partial charge is 0.252 e. The van der Waals surface area contributed by atoms with Gasteiger partial charge in [-0.1, -0.05) is 18.2 Å². The van der Waals surface area contributed by atoms with Crippen LogP contribution in [0.5, 0.6) is 0 Å². The molecule has 0 radical (unpaired) electrons. The summed E-state index contributed by atoms with van der Waals surface area (Å²) in [4.78, 5) is 16.2. The topological polar surface area (TPSA) is 76.2 Å². The van der Waals surface area contributed by atoms with E-state index in [0.717, 1.165) is 48.0 Å². The molecule has 1 spiro atoms. The summed E-state index contributed by atoms with van der Waals surface area (Å²) in [6, 6.07) is 8.22. The highest BCUT2D eigenvalue weighted by Crippen LogP contribution is 2.39. The van der Waals surface area contributed by atoms with Gasteiger partial charge in [-0.3, -0.25) is 14.5 Å². The number of primary amides is 1. The van der Waals surface area contributed by atoms with Gasteiger partial charge in [0.1, 0.15) is 0 Å². The van der Waals surface area contributed by atoms with Gasteiger partial charge in [0, 0.05) is 48.2 Å². The zero-order chi connectivity index (χ0) is 16.3. The van der Waals surface area contributed by atoms with Crippen LogP contribution in [0, 0.1) is 5.41 Å². The Morgan fingerprint density at radius 1 is 1.21 bits per heavy atom. The Morgan fingerprint density at radius 3 is 2.79 bits per heavy atom. The molecule has 122 valence electrons. The Hall–Kier alpha value is -2.60. The second kappa shape index (κ2) is 4.70. The van der Waals surface area contributed by atoms with Gasteiger partial charge < -0.3 is 16.1 Å². The van der Waals surface area contributed by atoms with E-state index < -0.39 is 5.91 Å². The molecule has 2 aliphatic rings. The van der Waals surface area contributed by atoms with Crippen LogP contribution in [0.2, 0.25) is 0 Å². The molecule has 0 bridgehead atoms. The molecule has 1 amide bonds. The molecule has 2 aliphatic heterocycles. The summed E-state index contributed by atoms with van der Waals surface area (Å²) in [6.45, 7) is 4.16. The molecule has 5 rings (SSSR count). The van der Waals surface area contributed by atoms with Crippen LogP contribution in [0.1, 0.15) is 16.8 Å². The van der Waals surface area contributed by atoms with Crippen LogP contribution in [0.3, 0.4) is 0 Å². The maximum atomic E-state index is 12.0. The third kappa shape index (κ3) is 1.74. The molecule has 3 aromatic rings. The Balaban J connectivity index is 1.75. The Morgan fingerprint density at radius 2 is 2.04 bits per heavy atom. The lowest BCUT2D eigenvalue weighted by atomic mass is 9.80. The SMILES string of the molecule is NC(=O)c1cncc2c3ccccc3n(N3CC4(CCNC4)C3)c12. The Bertz CT molecular complexity index is 962. The van der Waals surface area contributed by atoms with Gasteiger partial charge in [-0.15, -0.1) is 0 Å². The number of aromatic nitrogens is 2. The van der Waals surface area contributed by atoms with Crippen molar-refractivity contribution in [1.82, 2.24) is 15.0 Å². The number of nitrogens with two attached hydrogens (primary N) is 1. The van der Waals surface area contributed by atoms with Crippen molar-refractivity contribution in [3.63, 3.8) is 0 Å². The van der Waals surface area contributed by atoms with Crippen LogP contribution < -0.4 is 16.1 Å². The summed E-state index contributed by atoms with van der Waals surface area (Å²) in [6.07, 6.45) is 4.62. The number of amides is 1. The van der Waals surface area contributed by atoms with E-state index in [1.807, 2.05) is 18.3 Å². The van der Waals surface area contributed by atoms with Crippen LogP contribution >= 0.6 is 0 Å². The van der Waals surface area contributed by atoms with Crippen LogP contribution in [0.25, 0.3) is 21.8 Å². The number of pyridine rings is 1. The normalized spacial score (nSPS) is 19.2. The van der Waals surface area contributed by atoms with E-state index in [1.54, 1.807) is 6.20 Å². The molecule has 0 saturated carbocycles. The number of benzene rings is 1. The molecule has 6 nitrogen and oxygen atoms in total. The Kier molecular flexibility index (Phi) is 2.71. The van der Waals surface area contributed by atoms with Gasteiger partial charge in [0.2, 0.25) is 0 Å². The van der Waals surface area contributed by atoms with Crippen molar-refractivity contribution < 1.29 is 4.79 Å². The van der Waals surface area contributed by atoms with E-state index >= 15 is 0 Å². The van der Waals surface area contributed by atoms with Gasteiger partial charge in [-0.25, -0.2) is 0 Å². The number of nitrogens with zero attached hydrogens (tertiary/aromatic N) is 3. The maximum Gasteiger partial charge on any atom is 0.252 e. The molecule has 6 heteroatoms. The highest BCUT2D eigenvalue weighted by atomic mass is 16.1. The summed E-state index contributed by atoms with van der Waals surface area (Å²) in [5.41, 5.74) is 8.45.